The van der Waals surface area contributed by atoms with E-state index in [9.17, 15) is 14.4 Å². The summed E-state index contributed by atoms with van der Waals surface area (Å²) in [5.74, 6) is 6.87. The monoisotopic (exact) mass is 566 g/mol. The van der Waals surface area contributed by atoms with Gasteiger partial charge in [0.05, 0.1) is 5.92 Å². The maximum atomic E-state index is 11.2. The summed E-state index contributed by atoms with van der Waals surface area (Å²) in [6, 6.07) is 15.7. The normalized spacial score (nSPS) is 11.3. The first-order valence-electron chi connectivity index (χ1n) is 15.3. The van der Waals surface area contributed by atoms with Gasteiger partial charge in [0.25, 0.3) is 0 Å². The molecule has 0 bridgehead atoms. The van der Waals surface area contributed by atoms with E-state index < -0.39 is 5.92 Å². The zero-order chi connectivity index (χ0) is 32.2. The van der Waals surface area contributed by atoms with E-state index in [1.54, 1.807) is 13.8 Å². The topological polar surface area (TPSA) is 71.4 Å². The molecule has 0 atom stereocenters. The highest BCUT2D eigenvalue weighted by molar-refractivity contribution is 5.99. The number of carbonyl (C=O) groups excluding carboxylic acids is 3. The lowest BCUT2D eigenvalue weighted by atomic mass is 9.88. The lowest BCUT2D eigenvalue weighted by Crippen LogP contribution is -2.14. The minimum absolute atomic E-state index is 0.0579. The number of aliphatic hydroxyl groups excluding tert-OH is 1. The van der Waals surface area contributed by atoms with Crippen LogP contribution in [0.1, 0.15) is 135 Å². The van der Waals surface area contributed by atoms with Gasteiger partial charge in [0.15, 0.2) is 5.78 Å². The van der Waals surface area contributed by atoms with Crippen molar-refractivity contribution in [2.45, 2.75) is 114 Å². The molecule has 0 heterocycles. The summed E-state index contributed by atoms with van der Waals surface area (Å²) < 4.78 is 0. The van der Waals surface area contributed by atoms with Crippen LogP contribution in [-0.4, -0.2) is 29.6 Å². The van der Waals surface area contributed by atoms with Crippen molar-refractivity contribution in [1.82, 2.24) is 0 Å². The largest absolute Gasteiger partial charge is 0.400 e. The molecule has 3 rings (SSSR count). The van der Waals surface area contributed by atoms with Gasteiger partial charge in [0.2, 0.25) is 0 Å². The van der Waals surface area contributed by atoms with Crippen LogP contribution in [0.4, 0.5) is 0 Å². The van der Waals surface area contributed by atoms with Gasteiger partial charge in [-0.1, -0.05) is 116 Å². The van der Waals surface area contributed by atoms with Crippen LogP contribution in [0.5, 0.6) is 0 Å². The smallest absolute Gasteiger partial charge is 0.159 e. The van der Waals surface area contributed by atoms with Crippen LogP contribution in [0.15, 0.2) is 48.5 Å². The molecule has 1 N–H and O–H groups in total. The summed E-state index contributed by atoms with van der Waals surface area (Å²) in [6.45, 7) is 18.5. The molecule has 4 heteroatoms. The molecule has 0 aliphatic heterocycles. The Bertz CT molecular complexity index is 972. The molecule has 1 saturated carbocycles. The summed E-state index contributed by atoms with van der Waals surface area (Å²) in [4.78, 5) is 31.9. The number of ketones is 3. The van der Waals surface area contributed by atoms with Gasteiger partial charge in [-0.25, -0.2) is 0 Å². The van der Waals surface area contributed by atoms with Crippen molar-refractivity contribution in [2.75, 3.05) is 7.11 Å². The highest BCUT2D eigenvalue weighted by Gasteiger charge is 2.11. The number of hydrogen-bond acceptors (Lipinski definition) is 4. The van der Waals surface area contributed by atoms with Gasteiger partial charge in [-0.05, 0) is 69.9 Å². The van der Waals surface area contributed by atoms with Gasteiger partial charge in [-0.3, -0.25) is 14.4 Å². The molecule has 0 saturated heterocycles. The van der Waals surface area contributed by atoms with Crippen LogP contribution in [0.25, 0.3) is 0 Å². The van der Waals surface area contributed by atoms with E-state index in [4.69, 9.17) is 5.11 Å². The SMILES string of the molecule is CC.CC.CC(=O)C(C)C(C)=O.CCC1CCCCC1.CCc1ccc(C#Cc2ccc(C(C)=O)cc2)cc1.CO. The Morgan fingerprint density at radius 2 is 1.12 bits per heavy atom. The van der Waals surface area contributed by atoms with Gasteiger partial charge >= 0.3 is 0 Å². The maximum Gasteiger partial charge on any atom is 0.159 e. The minimum Gasteiger partial charge on any atom is -0.400 e. The first-order chi connectivity index (χ1) is 19.7. The Balaban J connectivity index is -0.000000547. The van der Waals surface area contributed by atoms with Crippen LogP contribution in [0.3, 0.4) is 0 Å². The third-order valence-corrected chi connectivity index (χ3v) is 6.53. The lowest BCUT2D eigenvalue weighted by Gasteiger charge is -2.18. The van der Waals surface area contributed by atoms with Crippen molar-refractivity contribution >= 4 is 17.3 Å². The molecule has 0 amide bonds. The van der Waals surface area contributed by atoms with E-state index in [1.165, 1.54) is 57.9 Å². The summed E-state index contributed by atoms with van der Waals surface area (Å²) in [6.07, 6.45) is 9.97. The fourth-order valence-electron chi connectivity index (χ4n) is 3.64. The highest BCUT2D eigenvalue weighted by Crippen LogP contribution is 2.25. The second-order valence-corrected chi connectivity index (χ2v) is 9.29. The van der Waals surface area contributed by atoms with E-state index in [2.05, 4.69) is 37.8 Å². The average Bonchev–Trinajstić information content (AvgIpc) is 3.04. The molecule has 0 aromatic heterocycles. The van der Waals surface area contributed by atoms with E-state index in [-0.39, 0.29) is 17.3 Å². The van der Waals surface area contributed by atoms with Crippen LogP contribution in [-0.2, 0) is 16.0 Å². The third-order valence-electron chi connectivity index (χ3n) is 6.53. The van der Waals surface area contributed by atoms with Crippen molar-refractivity contribution in [3.63, 3.8) is 0 Å². The van der Waals surface area contributed by atoms with Crippen LogP contribution < -0.4 is 0 Å². The summed E-state index contributed by atoms with van der Waals surface area (Å²) in [5.41, 5.74) is 3.96. The lowest BCUT2D eigenvalue weighted by molar-refractivity contribution is -0.129. The van der Waals surface area contributed by atoms with E-state index in [1.807, 2.05) is 64.1 Å². The Kier molecular flexibility index (Phi) is 29.5. The van der Waals surface area contributed by atoms with E-state index in [0.29, 0.717) is 0 Å². The fraction of sp³-hybridized carbons (Fsp3) is 0.541. The second kappa shape index (κ2) is 28.5. The van der Waals surface area contributed by atoms with Crippen molar-refractivity contribution in [3.05, 3.63) is 70.8 Å². The Labute approximate surface area is 252 Å². The number of aryl methyl sites for hydroxylation is 1. The Morgan fingerprint density at radius 1 is 0.732 bits per heavy atom. The molecule has 0 unspecified atom stereocenters. The molecule has 1 aliphatic carbocycles. The highest BCUT2D eigenvalue weighted by atomic mass is 16.2. The van der Waals surface area contributed by atoms with Crippen molar-refractivity contribution in [3.8, 4) is 11.8 Å². The predicted molar refractivity (Wildman–Crippen MR) is 176 cm³/mol. The summed E-state index contributed by atoms with van der Waals surface area (Å²) >= 11 is 0. The maximum absolute atomic E-state index is 11.2. The zero-order valence-electron chi connectivity index (χ0n) is 27.9. The average molecular weight is 567 g/mol. The van der Waals surface area contributed by atoms with Crippen LogP contribution >= 0.6 is 0 Å². The summed E-state index contributed by atoms with van der Waals surface area (Å²) in [7, 11) is 1.00. The van der Waals surface area contributed by atoms with Gasteiger partial charge in [-0.2, -0.15) is 0 Å². The van der Waals surface area contributed by atoms with Crippen molar-refractivity contribution in [2.24, 2.45) is 11.8 Å². The number of hydrogen-bond donors (Lipinski definition) is 1. The predicted octanol–water partition coefficient (Wildman–Crippen LogP) is 9.29. The molecule has 41 heavy (non-hydrogen) atoms. The van der Waals surface area contributed by atoms with Crippen molar-refractivity contribution < 1.29 is 19.5 Å². The minimum atomic E-state index is -0.407. The molecule has 1 aliphatic rings. The van der Waals surface area contributed by atoms with Crippen LogP contribution in [0.2, 0.25) is 0 Å². The first kappa shape index (κ1) is 42.4. The first-order valence-corrected chi connectivity index (χ1v) is 15.3. The fourth-order valence-corrected chi connectivity index (χ4v) is 3.64. The quantitative estimate of drug-likeness (QED) is 0.222. The Hall–Kier alpha value is -3.03. The zero-order valence-corrected chi connectivity index (χ0v) is 27.9. The molecule has 2 aromatic carbocycles. The van der Waals surface area contributed by atoms with E-state index in [0.717, 1.165) is 36.1 Å². The summed E-state index contributed by atoms with van der Waals surface area (Å²) in [5, 5.41) is 7.00. The molecular weight excluding hydrogens is 508 g/mol. The van der Waals surface area contributed by atoms with Gasteiger partial charge in [0, 0.05) is 23.8 Å². The molecule has 4 nitrogen and oxygen atoms in total. The number of rotatable bonds is 5. The second-order valence-electron chi connectivity index (χ2n) is 9.29. The van der Waals surface area contributed by atoms with Crippen molar-refractivity contribution in [1.29, 1.82) is 0 Å². The molecule has 0 radical (unpaired) electrons. The molecular formula is C37H58O4. The third kappa shape index (κ3) is 21.4. The number of benzene rings is 2. The van der Waals surface area contributed by atoms with Gasteiger partial charge in [-0.15, -0.1) is 0 Å². The molecule has 230 valence electrons. The van der Waals surface area contributed by atoms with Gasteiger partial charge < -0.3 is 5.11 Å². The molecule has 1 fully saturated rings. The number of aliphatic hydroxyl groups is 1. The molecule has 2 aromatic rings. The number of Topliss-reactive ketones (excluding diaryl/α,β-unsaturated/α-hetero) is 3. The molecule has 0 spiro atoms. The Morgan fingerprint density at radius 3 is 1.39 bits per heavy atom. The van der Waals surface area contributed by atoms with E-state index >= 15 is 0 Å². The van der Waals surface area contributed by atoms with Gasteiger partial charge in [0.1, 0.15) is 11.6 Å². The number of carbonyl (C=O) groups is 3. The van der Waals surface area contributed by atoms with Crippen LogP contribution in [0, 0.1) is 23.7 Å². The standard InChI is InChI=1S/C18H16O.C8H16.C6H10O2.2C2H6.CH4O/c1-3-15-4-6-16(7-5-15)8-9-17-10-12-18(13-11-17)14(2)19;1-2-8-6-4-3-5-7-8;1-4(5(2)7)6(3)8;3*1-2/h4-7,10-13H,3H2,1-2H3;8H,2-7H2,1H3;4H,1-3H3;2*1-2H3;2H,1H3.